The number of carboxylic acid groups (broad SMARTS) is 1. The fraction of sp³-hybridized carbons (Fsp3) is 0.314. The first-order valence-corrected chi connectivity index (χ1v) is 15.2. The van der Waals surface area contributed by atoms with Crippen LogP contribution in [0.1, 0.15) is 44.7 Å². The van der Waals surface area contributed by atoms with E-state index in [0.29, 0.717) is 5.56 Å². The van der Waals surface area contributed by atoms with Crippen molar-refractivity contribution >= 4 is 41.4 Å². The van der Waals surface area contributed by atoms with Crippen molar-refractivity contribution < 1.29 is 38.6 Å². The van der Waals surface area contributed by atoms with Crippen molar-refractivity contribution in [1.29, 1.82) is 0 Å². The van der Waals surface area contributed by atoms with Gasteiger partial charge in [-0.1, -0.05) is 92.7 Å². The van der Waals surface area contributed by atoms with Crippen LogP contribution in [0, 0.1) is 5.92 Å². The molecule has 3 aromatic carbocycles. The molecule has 1 aliphatic rings. The number of esters is 2. The lowest BCUT2D eigenvalue weighted by molar-refractivity contribution is -0.161. The molecular formula is C35H38N4O8. The molecule has 1 heterocycles. The lowest BCUT2D eigenvalue weighted by Gasteiger charge is -2.32. The van der Waals surface area contributed by atoms with Gasteiger partial charge in [-0.05, 0) is 42.5 Å². The summed E-state index contributed by atoms with van der Waals surface area (Å²) in [6.07, 6.45) is -0.691. The zero-order valence-corrected chi connectivity index (χ0v) is 26.4. The quantitative estimate of drug-likeness (QED) is 0.161. The van der Waals surface area contributed by atoms with Crippen molar-refractivity contribution in [3.8, 4) is 0 Å². The van der Waals surface area contributed by atoms with Crippen LogP contribution >= 0.6 is 0 Å². The highest BCUT2D eigenvalue weighted by Crippen LogP contribution is 2.40. The van der Waals surface area contributed by atoms with Crippen LogP contribution in [0.4, 0.5) is 10.5 Å². The van der Waals surface area contributed by atoms with E-state index in [0.717, 1.165) is 15.4 Å². The smallest absolute Gasteiger partial charge is 0.333 e. The molecule has 47 heavy (non-hydrogen) atoms. The Kier molecular flexibility index (Phi) is 10.9. The molecule has 0 radical (unpaired) electrons. The van der Waals surface area contributed by atoms with Crippen LogP contribution in [0.15, 0.2) is 91.0 Å². The predicted octanol–water partition coefficient (Wildman–Crippen LogP) is 3.69. The maximum Gasteiger partial charge on any atom is 0.333 e. The van der Waals surface area contributed by atoms with Crippen molar-refractivity contribution in [2.45, 2.75) is 57.8 Å². The summed E-state index contributed by atoms with van der Waals surface area (Å²) < 4.78 is 4.80. The second kappa shape index (κ2) is 14.8. The topological polar surface area (TPSA) is 168 Å². The number of hydrogen-bond donors (Lipinski definition) is 2. The van der Waals surface area contributed by atoms with Gasteiger partial charge in [0.25, 0.3) is 11.8 Å². The van der Waals surface area contributed by atoms with Gasteiger partial charge in [-0.25, -0.2) is 19.3 Å². The molecule has 1 saturated heterocycles. The van der Waals surface area contributed by atoms with E-state index in [1.807, 2.05) is 44.2 Å². The number of para-hydroxylation sites is 1. The summed E-state index contributed by atoms with van der Waals surface area (Å²) in [6, 6.07) is 22.5. The Balaban J connectivity index is 1.74. The van der Waals surface area contributed by atoms with Crippen molar-refractivity contribution in [3.05, 3.63) is 102 Å². The first-order valence-electron chi connectivity index (χ1n) is 15.2. The SMILES string of the molecule is CC(C)C[C@H](C(=O)N(CC(=O)OC(=O)[C@@H](N)CC(=O)O)c1ccccc1)N1C(=O)N(Cc2ccccc2)[C@@](C)(c2ccccc2)C1=O. The number of carboxylic acids is 1. The maximum absolute atomic E-state index is 14.6. The lowest BCUT2D eigenvalue weighted by atomic mass is 9.89. The third-order valence-corrected chi connectivity index (χ3v) is 7.96. The molecular weight excluding hydrogens is 604 g/mol. The number of carbonyl (C=O) groups is 6. The molecule has 0 aromatic heterocycles. The van der Waals surface area contributed by atoms with Crippen LogP contribution in [0.3, 0.4) is 0 Å². The highest BCUT2D eigenvalue weighted by atomic mass is 16.6. The third kappa shape index (κ3) is 7.72. The van der Waals surface area contributed by atoms with Gasteiger partial charge in [-0.3, -0.25) is 19.3 Å². The molecule has 12 heteroatoms. The Morgan fingerprint density at radius 1 is 0.894 bits per heavy atom. The van der Waals surface area contributed by atoms with E-state index in [9.17, 15) is 28.8 Å². The summed E-state index contributed by atoms with van der Waals surface area (Å²) in [6.45, 7) is 4.65. The van der Waals surface area contributed by atoms with Crippen LogP contribution in [0.5, 0.6) is 0 Å². The van der Waals surface area contributed by atoms with E-state index in [2.05, 4.69) is 0 Å². The monoisotopic (exact) mass is 642 g/mol. The van der Waals surface area contributed by atoms with E-state index in [-0.39, 0.29) is 24.6 Å². The number of rotatable bonds is 13. The van der Waals surface area contributed by atoms with Crippen molar-refractivity contribution in [2.24, 2.45) is 11.7 Å². The van der Waals surface area contributed by atoms with E-state index in [4.69, 9.17) is 15.6 Å². The average molecular weight is 643 g/mol. The molecule has 0 aliphatic carbocycles. The predicted molar refractivity (Wildman–Crippen MR) is 171 cm³/mol. The first kappa shape index (κ1) is 34.5. The van der Waals surface area contributed by atoms with Crippen LogP contribution < -0.4 is 10.6 Å². The first-order chi connectivity index (χ1) is 22.3. The number of aliphatic carboxylic acids is 1. The fourth-order valence-electron chi connectivity index (χ4n) is 5.53. The lowest BCUT2D eigenvalue weighted by Crippen LogP contribution is -2.54. The Morgan fingerprint density at radius 2 is 1.45 bits per heavy atom. The highest BCUT2D eigenvalue weighted by molar-refractivity contribution is 6.12. The second-order valence-corrected chi connectivity index (χ2v) is 11.9. The number of urea groups is 1. The number of benzene rings is 3. The number of ether oxygens (including phenoxy) is 1. The minimum absolute atomic E-state index is 0.0706. The standard InChI is InChI=1S/C35H38N4O8/c1-23(2)19-28(31(43)37(26-17-11-6-12-18-26)22-30(42)47-32(44)27(36)20-29(40)41)39-33(45)35(3,25-15-9-5-10-16-25)38(34(39)46)21-24-13-7-4-8-14-24/h4-18,23,27-28H,19-22,36H2,1-3H3,(H,40,41)/t27-,28+,35-/m0/s1. The molecule has 3 atom stereocenters. The largest absolute Gasteiger partial charge is 0.481 e. The summed E-state index contributed by atoms with van der Waals surface area (Å²) in [7, 11) is 0. The molecule has 1 aliphatic heterocycles. The van der Waals surface area contributed by atoms with E-state index >= 15 is 0 Å². The molecule has 1 fully saturated rings. The number of anilines is 1. The van der Waals surface area contributed by atoms with Crippen LogP contribution in [0.25, 0.3) is 0 Å². The Bertz CT molecular complexity index is 1620. The zero-order chi connectivity index (χ0) is 34.3. The summed E-state index contributed by atoms with van der Waals surface area (Å²) >= 11 is 0. The fourth-order valence-corrected chi connectivity index (χ4v) is 5.53. The van der Waals surface area contributed by atoms with Gasteiger partial charge in [-0.15, -0.1) is 0 Å². The summed E-state index contributed by atoms with van der Waals surface area (Å²) in [5.74, 6) is -5.32. The number of hydrogen-bond acceptors (Lipinski definition) is 8. The number of carbonyl (C=O) groups excluding carboxylic acids is 5. The molecule has 0 saturated carbocycles. The van der Waals surface area contributed by atoms with Gasteiger partial charge >= 0.3 is 23.9 Å². The number of imide groups is 1. The van der Waals surface area contributed by atoms with E-state index < -0.39 is 66.3 Å². The Morgan fingerprint density at radius 3 is 2.00 bits per heavy atom. The maximum atomic E-state index is 14.6. The molecule has 0 bridgehead atoms. The van der Waals surface area contributed by atoms with Gasteiger partial charge in [0.2, 0.25) is 0 Å². The van der Waals surface area contributed by atoms with E-state index in [1.54, 1.807) is 67.6 Å². The minimum atomic E-state index is -1.60. The average Bonchev–Trinajstić information content (AvgIpc) is 3.23. The van der Waals surface area contributed by atoms with Crippen molar-refractivity contribution in [1.82, 2.24) is 9.80 Å². The van der Waals surface area contributed by atoms with Gasteiger partial charge in [0, 0.05) is 12.2 Å². The molecule has 0 spiro atoms. The zero-order valence-electron chi connectivity index (χ0n) is 26.4. The van der Waals surface area contributed by atoms with Gasteiger partial charge in [0.1, 0.15) is 24.2 Å². The molecule has 3 N–H and O–H groups in total. The van der Waals surface area contributed by atoms with Gasteiger partial charge in [0.15, 0.2) is 0 Å². The van der Waals surface area contributed by atoms with Crippen LogP contribution in [0.2, 0.25) is 0 Å². The normalized spacial score (nSPS) is 17.4. The summed E-state index contributed by atoms with van der Waals surface area (Å²) in [4.78, 5) is 83.2. The third-order valence-electron chi connectivity index (χ3n) is 7.96. The van der Waals surface area contributed by atoms with Crippen LogP contribution in [-0.4, -0.2) is 69.3 Å². The van der Waals surface area contributed by atoms with Crippen molar-refractivity contribution in [2.75, 3.05) is 11.4 Å². The van der Waals surface area contributed by atoms with Gasteiger partial charge in [-0.2, -0.15) is 0 Å². The number of nitrogens with two attached hydrogens (primary N) is 1. The highest BCUT2D eigenvalue weighted by Gasteiger charge is 2.58. The second-order valence-electron chi connectivity index (χ2n) is 11.9. The summed E-state index contributed by atoms with van der Waals surface area (Å²) in [5, 5.41) is 8.94. The molecule has 4 rings (SSSR count). The van der Waals surface area contributed by atoms with Gasteiger partial charge < -0.3 is 20.5 Å². The van der Waals surface area contributed by atoms with Gasteiger partial charge in [0.05, 0.1) is 6.42 Å². The molecule has 4 amide bonds. The molecule has 0 unspecified atom stereocenters. The molecule has 3 aromatic rings. The molecule has 246 valence electrons. The Labute approximate surface area is 272 Å². The van der Waals surface area contributed by atoms with E-state index in [1.165, 1.54) is 4.90 Å². The number of nitrogens with zero attached hydrogens (tertiary/aromatic N) is 3. The van der Waals surface area contributed by atoms with Crippen molar-refractivity contribution in [3.63, 3.8) is 0 Å². The summed E-state index contributed by atoms with van der Waals surface area (Å²) in [5.41, 5.74) is 5.68. The Hall–Kier alpha value is -5.36. The molecule has 12 nitrogen and oxygen atoms in total. The minimum Gasteiger partial charge on any atom is -0.481 e. The van der Waals surface area contributed by atoms with Crippen LogP contribution in [-0.2, 0) is 40.8 Å². The number of amides is 4.